The maximum atomic E-state index is 2.54. The lowest BCUT2D eigenvalue weighted by molar-refractivity contribution is 0.630. The average molecular weight is 755 g/mol. The van der Waals surface area contributed by atoms with Gasteiger partial charge in [-0.2, -0.15) is 0 Å². The molecule has 10 aromatic rings. The first kappa shape index (κ1) is 33.9. The first-order chi connectivity index (χ1) is 29.0. The maximum Gasteiger partial charge on any atom is 0.0582 e. The van der Waals surface area contributed by atoms with Gasteiger partial charge in [-0.1, -0.05) is 159 Å². The number of fused-ring (bicyclic) bond motifs is 9. The lowest BCUT2D eigenvalue weighted by Crippen LogP contribution is -2.26. The van der Waals surface area contributed by atoms with Crippen LogP contribution in [0.2, 0.25) is 0 Å². The van der Waals surface area contributed by atoms with Crippen LogP contribution in [0.25, 0.3) is 88.4 Å². The molecular formula is C57H42N2. The van der Waals surface area contributed by atoms with Crippen molar-refractivity contribution in [2.75, 3.05) is 0 Å². The summed E-state index contributed by atoms with van der Waals surface area (Å²) in [6.07, 6.45) is 6.82. The molecular weight excluding hydrogens is 713 g/mol. The summed E-state index contributed by atoms with van der Waals surface area (Å²) < 4.78 is 5.07. The molecule has 2 nitrogen and oxygen atoms in total. The van der Waals surface area contributed by atoms with E-state index in [0.29, 0.717) is 0 Å². The van der Waals surface area contributed by atoms with E-state index in [1.54, 1.807) is 0 Å². The molecule has 0 unspecified atom stereocenters. The van der Waals surface area contributed by atoms with Gasteiger partial charge in [0.15, 0.2) is 0 Å². The summed E-state index contributed by atoms with van der Waals surface area (Å²) in [6.45, 7) is 4.76. The molecule has 0 amide bonds. The third-order valence-electron chi connectivity index (χ3n) is 13.1. The van der Waals surface area contributed by atoms with Crippen molar-refractivity contribution in [1.82, 2.24) is 9.13 Å². The summed E-state index contributed by atoms with van der Waals surface area (Å²) in [5.74, 6) is 0. The quantitative estimate of drug-likeness (QED) is 0.166. The second kappa shape index (κ2) is 12.9. The number of benzene rings is 8. The molecule has 2 heteroatoms. The van der Waals surface area contributed by atoms with Crippen molar-refractivity contribution in [2.24, 2.45) is 0 Å². The molecule has 0 radical (unpaired) electrons. The van der Waals surface area contributed by atoms with Crippen LogP contribution in [0.5, 0.6) is 0 Å². The fourth-order valence-corrected chi connectivity index (χ4v) is 10.4. The highest BCUT2D eigenvalue weighted by atomic mass is 15.0. The first-order valence-corrected chi connectivity index (χ1v) is 20.9. The minimum Gasteiger partial charge on any atom is -0.309 e. The van der Waals surface area contributed by atoms with E-state index < -0.39 is 0 Å². The Morgan fingerprint density at radius 2 is 1.03 bits per heavy atom. The molecule has 2 aromatic heterocycles. The van der Waals surface area contributed by atoms with Gasteiger partial charge >= 0.3 is 0 Å². The molecule has 1 aliphatic carbocycles. The number of nitrogens with zero attached hydrogens (tertiary/aromatic N) is 2. The third-order valence-corrected chi connectivity index (χ3v) is 13.1. The minimum atomic E-state index is -0.119. The Balaban J connectivity index is 1.14. The Labute approximate surface area is 344 Å². The van der Waals surface area contributed by atoms with Crippen LogP contribution >= 0.6 is 0 Å². The minimum absolute atomic E-state index is 0.119. The van der Waals surface area contributed by atoms with Crippen molar-refractivity contribution in [3.63, 3.8) is 0 Å². The van der Waals surface area contributed by atoms with E-state index in [4.69, 9.17) is 0 Å². The van der Waals surface area contributed by atoms with E-state index in [0.717, 1.165) is 12.8 Å². The molecule has 2 aliphatic rings. The number of hydrogen-bond donors (Lipinski definition) is 0. The van der Waals surface area contributed by atoms with Gasteiger partial charge in [0.25, 0.3) is 0 Å². The molecule has 280 valence electrons. The standard InChI is InChI=1S/C57H42N2/c1-57(2)48-26-10-12-29-51(48)59-53-31-30-52-54(55(53)47-25-15-27-49(57)56(47)59)46-24-9-11-28-50(46)58(52)45-35-43(41-22-13-20-39(32-41)37-16-5-3-6-17-37)34-44(36-45)42-23-14-21-40(33-42)38-18-7-4-8-19-38/h3-13,15-22,24-36H,14,23H2,1-2H3. The smallest absolute Gasteiger partial charge is 0.0582 e. The second-order valence-corrected chi connectivity index (χ2v) is 16.8. The van der Waals surface area contributed by atoms with Crippen molar-refractivity contribution in [2.45, 2.75) is 32.1 Å². The van der Waals surface area contributed by atoms with E-state index in [1.165, 1.54) is 111 Å². The van der Waals surface area contributed by atoms with Crippen LogP contribution in [0, 0.1) is 0 Å². The summed E-state index contributed by atoms with van der Waals surface area (Å²) >= 11 is 0. The Kier molecular flexibility index (Phi) is 7.43. The van der Waals surface area contributed by atoms with Gasteiger partial charge in [0, 0.05) is 32.6 Å². The van der Waals surface area contributed by atoms with Crippen LogP contribution in [0.3, 0.4) is 0 Å². The Hall–Kier alpha value is -7.16. The molecule has 0 spiro atoms. The summed E-state index contributed by atoms with van der Waals surface area (Å²) in [5, 5.41) is 5.21. The van der Waals surface area contributed by atoms with Gasteiger partial charge < -0.3 is 9.13 Å². The highest BCUT2D eigenvalue weighted by molar-refractivity contribution is 6.29. The van der Waals surface area contributed by atoms with Gasteiger partial charge in [0.2, 0.25) is 0 Å². The highest BCUT2D eigenvalue weighted by Gasteiger charge is 2.35. The van der Waals surface area contributed by atoms with Gasteiger partial charge in [-0.3, -0.25) is 0 Å². The fraction of sp³-hybridized carbons (Fsp3) is 0.0877. The van der Waals surface area contributed by atoms with E-state index in [1.807, 2.05) is 0 Å². The van der Waals surface area contributed by atoms with E-state index in [2.05, 4.69) is 217 Å². The molecule has 0 atom stereocenters. The SMILES string of the molecule is CC1(C)c2ccccc2-n2c3ccc4c(c5ccccc5n4-c4cc(C5=CC(c6ccccc6)=CCC5)cc(-c5cccc(-c6ccccc6)c5)c4)c3c3cccc1c32. The topological polar surface area (TPSA) is 9.86 Å². The number of allylic oxidation sites excluding steroid dienone is 4. The number of hydrogen-bond acceptors (Lipinski definition) is 0. The molecule has 0 fully saturated rings. The van der Waals surface area contributed by atoms with Crippen LogP contribution in [0.4, 0.5) is 0 Å². The average Bonchev–Trinajstić information content (AvgIpc) is 3.82. The number of para-hydroxylation sites is 3. The van der Waals surface area contributed by atoms with Gasteiger partial charge in [-0.15, -0.1) is 0 Å². The Morgan fingerprint density at radius 1 is 0.441 bits per heavy atom. The van der Waals surface area contributed by atoms with Gasteiger partial charge in [-0.25, -0.2) is 0 Å². The second-order valence-electron chi connectivity index (χ2n) is 16.8. The maximum absolute atomic E-state index is 2.54. The molecule has 3 heterocycles. The summed E-state index contributed by atoms with van der Waals surface area (Å²) in [4.78, 5) is 0. The van der Waals surface area contributed by atoms with E-state index >= 15 is 0 Å². The van der Waals surface area contributed by atoms with Crippen molar-refractivity contribution in [1.29, 1.82) is 0 Å². The monoisotopic (exact) mass is 754 g/mol. The van der Waals surface area contributed by atoms with Crippen molar-refractivity contribution in [3.8, 4) is 33.6 Å². The highest BCUT2D eigenvalue weighted by Crippen LogP contribution is 2.50. The fourth-order valence-electron chi connectivity index (χ4n) is 10.4. The van der Waals surface area contributed by atoms with E-state index in [-0.39, 0.29) is 5.41 Å². The summed E-state index contributed by atoms with van der Waals surface area (Å²) in [7, 11) is 0. The first-order valence-electron chi connectivity index (χ1n) is 20.9. The lowest BCUT2D eigenvalue weighted by Gasteiger charge is -2.34. The van der Waals surface area contributed by atoms with Crippen molar-refractivity contribution >= 4 is 54.8 Å². The van der Waals surface area contributed by atoms with Crippen LogP contribution in [0.1, 0.15) is 48.9 Å². The molecule has 1 aliphatic heterocycles. The van der Waals surface area contributed by atoms with Gasteiger partial charge in [-0.05, 0) is 117 Å². The van der Waals surface area contributed by atoms with Crippen LogP contribution in [-0.4, -0.2) is 9.13 Å². The number of rotatable bonds is 5. The van der Waals surface area contributed by atoms with Crippen LogP contribution < -0.4 is 0 Å². The normalized spacial score (nSPS) is 14.5. The zero-order chi connectivity index (χ0) is 39.2. The molecule has 12 rings (SSSR count). The summed E-state index contributed by atoms with van der Waals surface area (Å²) in [6, 6.07) is 67.6. The Bertz CT molecular complexity index is 3390. The van der Waals surface area contributed by atoms with Crippen molar-refractivity contribution in [3.05, 3.63) is 216 Å². The molecule has 0 bridgehead atoms. The molecule has 0 saturated carbocycles. The third kappa shape index (κ3) is 5.12. The molecule has 59 heavy (non-hydrogen) atoms. The predicted molar refractivity (Wildman–Crippen MR) is 250 cm³/mol. The predicted octanol–water partition coefficient (Wildman–Crippen LogP) is 15.1. The van der Waals surface area contributed by atoms with Crippen LogP contribution in [0.15, 0.2) is 194 Å². The van der Waals surface area contributed by atoms with E-state index in [9.17, 15) is 0 Å². The zero-order valence-corrected chi connectivity index (χ0v) is 33.3. The Morgan fingerprint density at radius 3 is 1.86 bits per heavy atom. The molecule has 0 N–H and O–H groups in total. The van der Waals surface area contributed by atoms with Crippen LogP contribution in [-0.2, 0) is 5.41 Å². The molecule has 0 saturated heterocycles. The molecule has 8 aromatic carbocycles. The zero-order valence-electron chi connectivity index (χ0n) is 33.3. The largest absolute Gasteiger partial charge is 0.309 e. The van der Waals surface area contributed by atoms with Crippen molar-refractivity contribution < 1.29 is 0 Å². The van der Waals surface area contributed by atoms with Gasteiger partial charge in [0.1, 0.15) is 0 Å². The number of aromatic nitrogens is 2. The lowest BCUT2D eigenvalue weighted by atomic mass is 9.75. The summed E-state index contributed by atoms with van der Waals surface area (Å²) in [5.41, 5.74) is 20.1. The van der Waals surface area contributed by atoms with Gasteiger partial charge in [0.05, 0.1) is 27.8 Å².